The van der Waals surface area contributed by atoms with Crippen molar-refractivity contribution in [3.8, 4) is 5.75 Å². The van der Waals surface area contributed by atoms with E-state index in [1.165, 1.54) is 36.6 Å². The first kappa shape index (κ1) is 14.5. The number of nitrogens with one attached hydrogen (secondary N) is 1. The number of rotatable bonds is 5. The van der Waals surface area contributed by atoms with E-state index >= 15 is 0 Å². The van der Waals surface area contributed by atoms with Crippen molar-refractivity contribution >= 4 is 10.9 Å². The maximum Gasteiger partial charge on any atom is 0.128 e. The summed E-state index contributed by atoms with van der Waals surface area (Å²) in [6.45, 7) is 4.43. The third-order valence-corrected chi connectivity index (χ3v) is 4.86. The Morgan fingerprint density at radius 2 is 2.10 bits per heavy atom. The Balaban J connectivity index is 1.63. The van der Waals surface area contributed by atoms with Gasteiger partial charge in [0.05, 0.1) is 12.6 Å². The molecule has 1 aliphatic rings. The molecule has 1 fully saturated rings. The molecule has 1 aromatic carbocycles. The van der Waals surface area contributed by atoms with Gasteiger partial charge in [-0.25, -0.2) is 0 Å². The molecule has 1 aromatic heterocycles. The van der Waals surface area contributed by atoms with Crippen LogP contribution in [0.25, 0.3) is 10.9 Å². The van der Waals surface area contributed by atoms with Crippen LogP contribution in [0, 0.1) is 5.92 Å². The second-order valence-corrected chi connectivity index (χ2v) is 6.22. The van der Waals surface area contributed by atoms with Gasteiger partial charge in [0.1, 0.15) is 5.75 Å². The molecular formula is C18H26N2O. The number of methoxy groups -OCH3 is 1. The molecule has 21 heavy (non-hydrogen) atoms. The lowest BCUT2D eigenvalue weighted by atomic mass is 9.86. The number of fused-ring (bicyclic) bond motifs is 1. The molecule has 0 bridgehead atoms. The molecule has 3 rings (SSSR count). The molecule has 2 atom stereocenters. The van der Waals surface area contributed by atoms with E-state index in [2.05, 4.69) is 41.2 Å². The number of hydrogen-bond donors (Lipinski definition) is 1. The topological polar surface area (TPSA) is 26.2 Å². The largest absolute Gasteiger partial charge is 0.496 e. The molecule has 1 N–H and O–H groups in total. The van der Waals surface area contributed by atoms with Crippen LogP contribution >= 0.6 is 0 Å². The van der Waals surface area contributed by atoms with Crippen molar-refractivity contribution in [2.75, 3.05) is 13.7 Å². The van der Waals surface area contributed by atoms with Crippen molar-refractivity contribution < 1.29 is 4.74 Å². The van der Waals surface area contributed by atoms with Crippen LogP contribution in [0.2, 0.25) is 0 Å². The number of benzene rings is 1. The van der Waals surface area contributed by atoms with Gasteiger partial charge >= 0.3 is 0 Å². The van der Waals surface area contributed by atoms with Gasteiger partial charge in [0, 0.05) is 30.7 Å². The number of nitrogens with zero attached hydrogens (tertiary/aromatic N) is 1. The number of ether oxygens (including phenoxy) is 1. The Labute approximate surface area is 127 Å². The van der Waals surface area contributed by atoms with E-state index in [9.17, 15) is 0 Å². The maximum absolute atomic E-state index is 5.43. The van der Waals surface area contributed by atoms with Crippen molar-refractivity contribution in [3.05, 3.63) is 30.5 Å². The summed E-state index contributed by atoms with van der Waals surface area (Å²) in [6, 6.07) is 9.11. The lowest BCUT2D eigenvalue weighted by Gasteiger charge is -2.29. The molecule has 0 radical (unpaired) electrons. The first-order valence-corrected chi connectivity index (χ1v) is 8.15. The summed E-state index contributed by atoms with van der Waals surface area (Å²) in [7, 11) is 1.73. The zero-order valence-corrected chi connectivity index (χ0v) is 13.1. The minimum absolute atomic E-state index is 0.704. The van der Waals surface area contributed by atoms with E-state index in [0.29, 0.717) is 6.04 Å². The van der Waals surface area contributed by atoms with E-state index in [1.54, 1.807) is 7.11 Å². The van der Waals surface area contributed by atoms with Gasteiger partial charge in [-0.1, -0.05) is 25.8 Å². The Morgan fingerprint density at radius 1 is 1.24 bits per heavy atom. The number of aromatic nitrogens is 1. The van der Waals surface area contributed by atoms with Gasteiger partial charge in [0.15, 0.2) is 0 Å². The quantitative estimate of drug-likeness (QED) is 0.904. The molecule has 3 nitrogen and oxygen atoms in total. The van der Waals surface area contributed by atoms with E-state index in [4.69, 9.17) is 4.74 Å². The van der Waals surface area contributed by atoms with E-state index in [0.717, 1.165) is 24.8 Å². The Hall–Kier alpha value is -1.48. The van der Waals surface area contributed by atoms with E-state index in [1.807, 2.05) is 6.07 Å². The highest BCUT2D eigenvalue weighted by molar-refractivity contribution is 5.86. The summed E-state index contributed by atoms with van der Waals surface area (Å²) in [6.07, 6.45) is 7.66. The predicted octanol–water partition coefficient (Wildman–Crippen LogP) is 3.82. The molecule has 0 amide bonds. The first-order chi connectivity index (χ1) is 10.3. The van der Waals surface area contributed by atoms with Crippen molar-refractivity contribution in [2.45, 2.75) is 45.2 Å². The summed E-state index contributed by atoms with van der Waals surface area (Å²) >= 11 is 0. The molecule has 1 aliphatic carbocycles. The van der Waals surface area contributed by atoms with Crippen LogP contribution in [0.4, 0.5) is 0 Å². The lowest BCUT2D eigenvalue weighted by Crippen LogP contribution is -2.38. The van der Waals surface area contributed by atoms with Crippen molar-refractivity contribution in [1.82, 2.24) is 9.88 Å². The highest BCUT2D eigenvalue weighted by Gasteiger charge is 2.20. The molecule has 1 saturated carbocycles. The van der Waals surface area contributed by atoms with Gasteiger partial charge in [0.2, 0.25) is 0 Å². The standard InChI is InChI=1S/C18H26N2O/c1-14-6-3-4-7-16(14)19-11-13-20-12-10-15-17(20)8-5-9-18(15)21-2/h5,8-10,12,14,16,19H,3-4,6-7,11,13H2,1-2H3. The average molecular weight is 286 g/mol. The van der Waals surface area contributed by atoms with Crippen molar-refractivity contribution in [1.29, 1.82) is 0 Å². The molecule has 0 spiro atoms. The lowest BCUT2D eigenvalue weighted by molar-refractivity contribution is 0.279. The number of hydrogen-bond acceptors (Lipinski definition) is 2. The summed E-state index contributed by atoms with van der Waals surface area (Å²) < 4.78 is 7.74. The van der Waals surface area contributed by atoms with Crippen LogP contribution < -0.4 is 10.1 Å². The zero-order valence-electron chi connectivity index (χ0n) is 13.1. The molecule has 2 aromatic rings. The van der Waals surface area contributed by atoms with Gasteiger partial charge in [-0.2, -0.15) is 0 Å². The van der Waals surface area contributed by atoms with Crippen LogP contribution in [-0.4, -0.2) is 24.3 Å². The first-order valence-electron chi connectivity index (χ1n) is 8.15. The Morgan fingerprint density at radius 3 is 2.90 bits per heavy atom. The monoisotopic (exact) mass is 286 g/mol. The molecule has 2 unspecified atom stereocenters. The molecule has 0 aliphatic heterocycles. The normalized spacial score (nSPS) is 22.6. The summed E-state index contributed by atoms with van der Waals surface area (Å²) in [5.74, 6) is 1.78. The minimum Gasteiger partial charge on any atom is -0.496 e. The van der Waals surface area contributed by atoms with Gasteiger partial charge in [-0.3, -0.25) is 0 Å². The van der Waals surface area contributed by atoms with Crippen LogP contribution in [0.15, 0.2) is 30.5 Å². The maximum atomic E-state index is 5.43. The van der Waals surface area contributed by atoms with Gasteiger partial charge in [-0.05, 0) is 37.0 Å². The molecule has 0 saturated heterocycles. The van der Waals surface area contributed by atoms with Gasteiger partial charge in [0.25, 0.3) is 0 Å². The van der Waals surface area contributed by atoms with Crippen LogP contribution in [0.1, 0.15) is 32.6 Å². The summed E-state index contributed by atoms with van der Waals surface area (Å²) in [5, 5.41) is 4.95. The minimum atomic E-state index is 0.704. The van der Waals surface area contributed by atoms with Crippen LogP contribution in [-0.2, 0) is 6.54 Å². The van der Waals surface area contributed by atoms with Crippen molar-refractivity contribution in [2.24, 2.45) is 5.92 Å². The Bertz CT molecular complexity index is 590. The summed E-state index contributed by atoms with van der Waals surface area (Å²) in [5.41, 5.74) is 1.26. The SMILES string of the molecule is COc1cccc2c1ccn2CCNC1CCCCC1C. The highest BCUT2D eigenvalue weighted by Crippen LogP contribution is 2.26. The fourth-order valence-corrected chi connectivity index (χ4v) is 3.56. The van der Waals surface area contributed by atoms with E-state index in [-0.39, 0.29) is 0 Å². The predicted molar refractivity (Wildman–Crippen MR) is 87.9 cm³/mol. The Kier molecular flexibility index (Phi) is 4.49. The van der Waals surface area contributed by atoms with Crippen molar-refractivity contribution in [3.63, 3.8) is 0 Å². The van der Waals surface area contributed by atoms with Gasteiger partial charge < -0.3 is 14.6 Å². The van der Waals surface area contributed by atoms with E-state index < -0.39 is 0 Å². The van der Waals surface area contributed by atoms with Crippen LogP contribution in [0.3, 0.4) is 0 Å². The second kappa shape index (κ2) is 6.52. The third kappa shape index (κ3) is 3.08. The second-order valence-electron chi connectivity index (χ2n) is 6.22. The molecular weight excluding hydrogens is 260 g/mol. The average Bonchev–Trinajstić information content (AvgIpc) is 2.92. The fourth-order valence-electron chi connectivity index (χ4n) is 3.56. The fraction of sp³-hybridized carbons (Fsp3) is 0.556. The zero-order chi connectivity index (χ0) is 14.7. The van der Waals surface area contributed by atoms with Gasteiger partial charge in [-0.15, -0.1) is 0 Å². The molecule has 1 heterocycles. The molecule has 3 heteroatoms. The smallest absolute Gasteiger partial charge is 0.128 e. The molecule has 114 valence electrons. The summed E-state index contributed by atoms with van der Waals surface area (Å²) in [4.78, 5) is 0. The highest BCUT2D eigenvalue weighted by atomic mass is 16.5. The van der Waals surface area contributed by atoms with Crippen LogP contribution in [0.5, 0.6) is 5.75 Å². The third-order valence-electron chi connectivity index (χ3n) is 4.86.